The Bertz CT molecular complexity index is 339. The van der Waals surface area contributed by atoms with Gasteiger partial charge in [-0.3, -0.25) is 0 Å². The van der Waals surface area contributed by atoms with Crippen molar-refractivity contribution in [2.24, 2.45) is 0 Å². The summed E-state index contributed by atoms with van der Waals surface area (Å²) in [5.41, 5.74) is -0.153. The third-order valence-corrected chi connectivity index (χ3v) is 4.85. The van der Waals surface area contributed by atoms with Gasteiger partial charge < -0.3 is 10.2 Å². The van der Waals surface area contributed by atoms with Crippen molar-refractivity contribution in [3.63, 3.8) is 0 Å². The van der Waals surface area contributed by atoms with E-state index in [1.165, 1.54) is 0 Å². The van der Waals surface area contributed by atoms with Crippen LogP contribution in [-0.4, -0.2) is 69.2 Å². The van der Waals surface area contributed by atoms with Gasteiger partial charge in [-0.2, -0.15) is 4.31 Å². The van der Waals surface area contributed by atoms with Crippen LogP contribution in [0.4, 0.5) is 0 Å². The molecule has 1 N–H and O–H groups in total. The predicted octanol–water partition coefficient (Wildman–Crippen LogP) is -0.0483. The zero-order chi connectivity index (χ0) is 13.1. The second-order valence-corrected chi connectivity index (χ2v) is 7.71. The lowest BCUT2D eigenvalue weighted by Crippen LogP contribution is -2.54. The molecule has 102 valence electrons. The van der Waals surface area contributed by atoms with Gasteiger partial charge in [0, 0.05) is 25.2 Å². The Balaban J connectivity index is 2.77. The van der Waals surface area contributed by atoms with Crippen LogP contribution in [0.15, 0.2) is 0 Å². The van der Waals surface area contributed by atoms with Gasteiger partial charge in [0.05, 0.1) is 5.75 Å². The molecular formula is C11H25N3O2S. The molecule has 0 aliphatic carbocycles. The monoisotopic (exact) mass is 263 g/mol. The Labute approximate surface area is 105 Å². The molecule has 17 heavy (non-hydrogen) atoms. The number of likely N-dealkylation sites (N-methyl/N-ethyl adjacent to an activating group) is 1. The molecule has 0 unspecified atom stereocenters. The lowest BCUT2D eigenvalue weighted by atomic mass is 10.1. The van der Waals surface area contributed by atoms with Crippen LogP contribution < -0.4 is 5.32 Å². The molecule has 0 aromatic carbocycles. The molecular weight excluding hydrogens is 238 g/mol. The second-order valence-electron chi connectivity index (χ2n) is 5.62. The van der Waals surface area contributed by atoms with Crippen molar-refractivity contribution < 1.29 is 8.42 Å². The van der Waals surface area contributed by atoms with E-state index in [1.54, 1.807) is 4.31 Å². The van der Waals surface area contributed by atoms with Crippen molar-refractivity contribution in [3.05, 3.63) is 0 Å². The average molecular weight is 263 g/mol. The number of hydrogen-bond acceptors (Lipinski definition) is 4. The van der Waals surface area contributed by atoms with Crippen LogP contribution in [0.25, 0.3) is 0 Å². The van der Waals surface area contributed by atoms with Crippen molar-refractivity contribution in [1.29, 1.82) is 0 Å². The third kappa shape index (κ3) is 4.91. The largest absolute Gasteiger partial charge is 0.310 e. The van der Waals surface area contributed by atoms with Gasteiger partial charge in [0.25, 0.3) is 0 Å². The summed E-state index contributed by atoms with van der Waals surface area (Å²) in [4.78, 5) is 2.01. The number of nitrogens with one attached hydrogen (secondary N) is 1. The van der Waals surface area contributed by atoms with Gasteiger partial charge in [-0.15, -0.1) is 0 Å². The molecule has 0 bridgehead atoms. The first-order valence-corrected chi connectivity index (χ1v) is 7.71. The summed E-state index contributed by atoms with van der Waals surface area (Å²) in [7, 11) is 0.833. The molecule has 5 nitrogen and oxygen atoms in total. The van der Waals surface area contributed by atoms with E-state index in [2.05, 4.69) is 19.2 Å². The van der Waals surface area contributed by atoms with E-state index in [-0.39, 0.29) is 11.3 Å². The maximum Gasteiger partial charge on any atom is 0.214 e. The number of sulfonamides is 1. The zero-order valence-electron chi connectivity index (χ0n) is 11.4. The summed E-state index contributed by atoms with van der Waals surface area (Å²) < 4.78 is 25.9. The SMILES string of the molecule is CN(C)CCN1CC(C)(C)NCCCS1(=O)=O. The molecule has 6 heteroatoms. The zero-order valence-corrected chi connectivity index (χ0v) is 12.2. The highest BCUT2D eigenvalue weighted by Gasteiger charge is 2.30. The summed E-state index contributed by atoms with van der Waals surface area (Å²) in [5, 5.41) is 3.40. The van der Waals surface area contributed by atoms with E-state index in [4.69, 9.17) is 0 Å². The van der Waals surface area contributed by atoms with Gasteiger partial charge in [0.1, 0.15) is 0 Å². The van der Waals surface area contributed by atoms with E-state index in [0.717, 1.165) is 13.1 Å². The Hall–Kier alpha value is -0.170. The molecule has 0 amide bonds. The van der Waals surface area contributed by atoms with Crippen molar-refractivity contribution in [2.45, 2.75) is 25.8 Å². The molecule has 1 fully saturated rings. The van der Waals surface area contributed by atoms with Crippen LogP contribution in [0.2, 0.25) is 0 Å². The molecule has 1 rings (SSSR count). The van der Waals surface area contributed by atoms with E-state index in [9.17, 15) is 8.42 Å². The quantitative estimate of drug-likeness (QED) is 0.776. The Morgan fingerprint density at radius 1 is 1.35 bits per heavy atom. The fourth-order valence-corrected chi connectivity index (χ4v) is 3.58. The first-order chi connectivity index (χ1) is 7.73. The van der Waals surface area contributed by atoms with E-state index < -0.39 is 10.0 Å². The summed E-state index contributed by atoms with van der Waals surface area (Å²) >= 11 is 0. The number of nitrogens with zero attached hydrogens (tertiary/aromatic N) is 2. The van der Waals surface area contributed by atoms with E-state index in [0.29, 0.717) is 19.5 Å². The van der Waals surface area contributed by atoms with Crippen molar-refractivity contribution in [3.8, 4) is 0 Å². The molecule has 1 saturated heterocycles. The standard InChI is InChI=1S/C11H25N3O2S/c1-11(2)10-14(8-7-13(3)4)17(15,16)9-5-6-12-11/h12H,5-10H2,1-4H3. The van der Waals surface area contributed by atoms with Crippen molar-refractivity contribution in [1.82, 2.24) is 14.5 Å². The van der Waals surface area contributed by atoms with Crippen LogP contribution in [0.3, 0.4) is 0 Å². The molecule has 1 aliphatic heterocycles. The maximum absolute atomic E-state index is 12.1. The van der Waals surface area contributed by atoms with Gasteiger partial charge in [-0.05, 0) is 40.9 Å². The molecule has 0 saturated carbocycles. The van der Waals surface area contributed by atoms with Gasteiger partial charge in [0.2, 0.25) is 10.0 Å². The van der Waals surface area contributed by atoms with Crippen molar-refractivity contribution >= 4 is 10.0 Å². The molecule has 0 spiro atoms. The first kappa shape index (κ1) is 14.9. The second kappa shape index (κ2) is 5.65. The fourth-order valence-electron chi connectivity index (χ4n) is 1.94. The minimum atomic E-state index is -3.08. The highest BCUT2D eigenvalue weighted by Crippen LogP contribution is 2.14. The summed E-state index contributed by atoms with van der Waals surface area (Å²) in [6, 6.07) is 0. The Morgan fingerprint density at radius 2 is 2.00 bits per heavy atom. The van der Waals surface area contributed by atoms with Gasteiger partial charge in [-0.1, -0.05) is 0 Å². The lowest BCUT2D eigenvalue weighted by molar-refractivity contribution is 0.258. The van der Waals surface area contributed by atoms with Crippen LogP contribution in [0.5, 0.6) is 0 Å². The lowest BCUT2D eigenvalue weighted by Gasteiger charge is -2.35. The molecule has 1 aliphatic rings. The third-order valence-electron chi connectivity index (χ3n) is 2.94. The van der Waals surface area contributed by atoms with Crippen LogP contribution >= 0.6 is 0 Å². The van der Waals surface area contributed by atoms with Gasteiger partial charge in [0.15, 0.2) is 0 Å². The topological polar surface area (TPSA) is 52.6 Å². The summed E-state index contributed by atoms with van der Waals surface area (Å²) in [5.74, 6) is 0.253. The van der Waals surface area contributed by atoms with Gasteiger partial charge in [-0.25, -0.2) is 8.42 Å². The Kier molecular flexibility index (Phi) is 4.95. The van der Waals surface area contributed by atoms with Gasteiger partial charge >= 0.3 is 0 Å². The van der Waals surface area contributed by atoms with Crippen LogP contribution in [0, 0.1) is 0 Å². The minimum Gasteiger partial charge on any atom is -0.310 e. The molecule has 1 heterocycles. The Morgan fingerprint density at radius 3 is 2.59 bits per heavy atom. The summed E-state index contributed by atoms with van der Waals surface area (Å²) in [6.07, 6.45) is 0.685. The number of hydrogen-bond donors (Lipinski definition) is 1. The van der Waals surface area contributed by atoms with Crippen LogP contribution in [0.1, 0.15) is 20.3 Å². The predicted molar refractivity (Wildman–Crippen MR) is 70.6 cm³/mol. The number of rotatable bonds is 3. The first-order valence-electron chi connectivity index (χ1n) is 6.10. The van der Waals surface area contributed by atoms with E-state index >= 15 is 0 Å². The molecule has 0 aromatic rings. The minimum absolute atomic E-state index is 0.153. The molecule has 0 aromatic heterocycles. The normalized spacial score (nSPS) is 25.5. The smallest absolute Gasteiger partial charge is 0.214 e. The molecule has 0 radical (unpaired) electrons. The average Bonchev–Trinajstić information content (AvgIpc) is 2.17. The van der Waals surface area contributed by atoms with Crippen molar-refractivity contribution in [2.75, 3.05) is 46.0 Å². The highest BCUT2D eigenvalue weighted by molar-refractivity contribution is 7.89. The fraction of sp³-hybridized carbons (Fsp3) is 1.00. The summed E-state index contributed by atoms with van der Waals surface area (Å²) in [6.45, 7) is 6.75. The highest BCUT2D eigenvalue weighted by atomic mass is 32.2. The molecule has 0 atom stereocenters. The van der Waals surface area contributed by atoms with E-state index in [1.807, 2.05) is 19.0 Å². The van der Waals surface area contributed by atoms with Crippen LogP contribution in [-0.2, 0) is 10.0 Å². The maximum atomic E-state index is 12.1.